The minimum atomic E-state index is -3.47. The molecular weight excluding hydrogens is 316 g/mol. The predicted octanol–water partition coefficient (Wildman–Crippen LogP) is 0.933. The molecule has 1 aromatic heterocycles. The van der Waals surface area contributed by atoms with Crippen molar-refractivity contribution in [2.24, 2.45) is 0 Å². The topological polar surface area (TPSA) is 96.1 Å². The lowest BCUT2D eigenvalue weighted by Gasteiger charge is -2.08. The first kappa shape index (κ1) is 17.6. The van der Waals surface area contributed by atoms with Crippen molar-refractivity contribution in [3.8, 4) is 0 Å². The monoisotopic (exact) mass is 338 g/mol. The fourth-order valence-corrected chi connectivity index (χ4v) is 3.06. The third-order valence-corrected chi connectivity index (χ3v) is 4.89. The maximum Gasteiger partial charge on any atom is 0.240 e. The molecule has 0 spiro atoms. The summed E-state index contributed by atoms with van der Waals surface area (Å²) < 4.78 is 31.4. The van der Waals surface area contributed by atoms with Crippen molar-refractivity contribution < 1.29 is 13.2 Å². The van der Waals surface area contributed by atoms with Gasteiger partial charge in [0.15, 0.2) is 0 Å². The number of hydrogen-bond acceptors (Lipinski definition) is 5. The maximum absolute atomic E-state index is 12.0. The maximum atomic E-state index is 12.0. The van der Waals surface area contributed by atoms with Crippen molar-refractivity contribution in [3.05, 3.63) is 47.3 Å². The molecule has 2 rings (SSSR count). The number of aromatic amines is 1. The van der Waals surface area contributed by atoms with Crippen LogP contribution in [0.4, 0.5) is 0 Å². The molecule has 1 aromatic carbocycles. The van der Waals surface area contributed by atoms with Gasteiger partial charge in [0, 0.05) is 38.0 Å². The van der Waals surface area contributed by atoms with Crippen molar-refractivity contribution in [2.75, 3.05) is 20.3 Å². The van der Waals surface area contributed by atoms with Crippen molar-refractivity contribution in [1.82, 2.24) is 20.2 Å². The summed E-state index contributed by atoms with van der Waals surface area (Å²) in [5.74, 6) is 0. The van der Waals surface area contributed by atoms with E-state index in [1.54, 1.807) is 30.5 Å². The molecule has 8 heteroatoms. The first-order chi connectivity index (χ1) is 11.0. The van der Waals surface area contributed by atoms with Gasteiger partial charge in [-0.15, -0.1) is 0 Å². The molecule has 1 heterocycles. The predicted molar refractivity (Wildman–Crippen MR) is 87.4 cm³/mol. The number of nitrogens with zero attached hydrogens (tertiary/aromatic N) is 1. The Labute approximate surface area is 136 Å². The third kappa shape index (κ3) is 5.14. The third-order valence-electron chi connectivity index (χ3n) is 3.41. The Morgan fingerprint density at radius 2 is 1.96 bits per heavy atom. The van der Waals surface area contributed by atoms with E-state index in [4.69, 9.17) is 4.74 Å². The molecule has 0 atom stereocenters. The van der Waals surface area contributed by atoms with Gasteiger partial charge in [-0.2, -0.15) is 5.10 Å². The zero-order chi connectivity index (χ0) is 16.7. The van der Waals surface area contributed by atoms with Gasteiger partial charge in [-0.1, -0.05) is 12.1 Å². The van der Waals surface area contributed by atoms with Gasteiger partial charge in [0.05, 0.1) is 17.7 Å². The molecule has 0 aliphatic carbocycles. The lowest BCUT2D eigenvalue weighted by molar-refractivity contribution is 0.204. The summed E-state index contributed by atoms with van der Waals surface area (Å²) in [5.41, 5.74) is 3.18. The van der Waals surface area contributed by atoms with Crippen LogP contribution in [0, 0.1) is 6.92 Å². The quantitative estimate of drug-likeness (QED) is 0.591. The summed E-state index contributed by atoms with van der Waals surface area (Å²) in [6.45, 7) is 3.93. The smallest absolute Gasteiger partial charge is 0.240 e. The molecule has 0 bridgehead atoms. The van der Waals surface area contributed by atoms with Gasteiger partial charge in [-0.25, -0.2) is 13.1 Å². The fraction of sp³-hybridized carbons (Fsp3) is 0.400. The molecule has 0 aliphatic heterocycles. The molecular formula is C15H22N4O3S. The van der Waals surface area contributed by atoms with E-state index < -0.39 is 10.0 Å². The lowest BCUT2D eigenvalue weighted by Crippen LogP contribution is -2.27. The zero-order valence-corrected chi connectivity index (χ0v) is 14.1. The van der Waals surface area contributed by atoms with Crippen molar-refractivity contribution in [1.29, 1.82) is 0 Å². The fourth-order valence-electron chi connectivity index (χ4n) is 2.04. The molecule has 23 heavy (non-hydrogen) atoms. The number of benzene rings is 1. The molecule has 0 saturated carbocycles. The van der Waals surface area contributed by atoms with Gasteiger partial charge < -0.3 is 10.1 Å². The number of ether oxygens (including phenoxy) is 1. The lowest BCUT2D eigenvalue weighted by atomic mass is 10.2. The van der Waals surface area contributed by atoms with E-state index >= 15 is 0 Å². The van der Waals surface area contributed by atoms with Crippen LogP contribution in [0.25, 0.3) is 0 Å². The number of methoxy groups -OCH3 is 1. The molecule has 0 fully saturated rings. The second-order valence-electron chi connectivity index (χ2n) is 5.16. The van der Waals surface area contributed by atoms with Gasteiger partial charge in [-0.3, -0.25) is 5.10 Å². The number of nitrogens with one attached hydrogen (secondary N) is 3. The van der Waals surface area contributed by atoms with Gasteiger partial charge in [0.25, 0.3) is 0 Å². The number of H-pyrrole nitrogens is 1. The Balaban J connectivity index is 1.88. The first-order valence-electron chi connectivity index (χ1n) is 7.30. The highest BCUT2D eigenvalue weighted by Crippen LogP contribution is 2.11. The highest BCUT2D eigenvalue weighted by atomic mass is 32.2. The Kier molecular flexibility index (Phi) is 6.28. The zero-order valence-electron chi connectivity index (χ0n) is 13.3. The van der Waals surface area contributed by atoms with E-state index in [1.165, 1.54) is 7.11 Å². The van der Waals surface area contributed by atoms with Crippen LogP contribution >= 0.6 is 0 Å². The molecule has 126 valence electrons. The summed E-state index contributed by atoms with van der Waals surface area (Å²) in [7, 11) is -1.94. The van der Waals surface area contributed by atoms with Gasteiger partial charge in [0.1, 0.15) is 0 Å². The Morgan fingerprint density at radius 1 is 1.22 bits per heavy atom. The Bertz CT molecular complexity index is 711. The van der Waals surface area contributed by atoms with Gasteiger partial charge >= 0.3 is 0 Å². The molecule has 0 saturated heterocycles. The van der Waals surface area contributed by atoms with E-state index in [-0.39, 0.29) is 11.4 Å². The van der Waals surface area contributed by atoms with Crippen molar-refractivity contribution in [3.63, 3.8) is 0 Å². The minimum absolute atomic E-state index is 0.253. The van der Waals surface area contributed by atoms with Crippen molar-refractivity contribution >= 4 is 10.0 Å². The largest absolute Gasteiger partial charge is 0.383 e. The number of hydrogen-bond donors (Lipinski definition) is 3. The van der Waals surface area contributed by atoms with Gasteiger partial charge in [0.2, 0.25) is 10.0 Å². The van der Waals surface area contributed by atoms with E-state index in [9.17, 15) is 8.42 Å². The van der Waals surface area contributed by atoms with E-state index in [2.05, 4.69) is 20.2 Å². The highest BCUT2D eigenvalue weighted by Gasteiger charge is 2.12. The molecule has 2 aromatic rings. The van der Waals surface area contributed by atoms with Crippen LogP contribution in [-0.4, -0.2) is 38.9 Å². The minimum Gasteiger partial charge on any atom is -0.383 e. The first-order valence-corrected chi connectivity index (χ1v) is 8.78. The average Bonchev–Trinajstić information content (AvgIpc) is 2.93. The molecule has 7 nitrogen and oxygen atoms in total. The van der Waals surface area contributed by atoms with Crippen LogP contribution < -0.4 is 10.0 Å². The highest BCUT2D eigenvalue weighted by molar-refractivity contribution is 7.89. The molecule has 0 radical (unpaired) electrons. The summed E-state index contributed by atoms with van der Waals surface area (Å²) in [6, 6.07) is 6.82. The van der Waals surface area contributed by atoms with E-state index in [1.807, 2.05) is 6.92 Å². The second-order valence-corrected chi connectivity index (χ2v) is 6.93. The summed E-state index contributed by atoms with van der Waals surface area (Å²) >= 11 is 0. The summed E-state index contributed by atoms with van der Waals surface area (Å²) in [6.07, 6.45) is 1.80. The molecule has 0 amide bonds. The van der Waals surface area contributed by atoms with Crippen LogP contribution in [0.1, 0.15) is 16.8 Å². The number of rotatable bonds is 9. The molecule has 0 unspecified atom stereocenters. The van der Waals surface area contributed by atoms with Crippen molar-refractivity contribution in [2.45, 2.75) is 24.9 Å². The Hall–Kier alpha value is -1.74. The van der Waals surface area contributed by atoms with Crippen LogP contribution in [0.15, 0.2) is 35.4 Å². The van der Waals surface area contributed by atoms with Gasteiger partial charge in [-0.05, 0) is 24.6 Å². The molecule has 0 aliphatic rings. The van der Waals surface area contributed by atoms with Crippen LogP contribution in [0.2, 0.25) is 0 Å². The van der Waals surface area contributed by atoms with Crippen LogP contribution in [-0.2, 0) is 27.8 Å². The molecule has 3 N–H and O–H groups in total. The van der Waals surface area contributed by atoms with Crippen LogP contribution in [0.5, 0.6) is 0 Å². The normalized spacial score (nSPS) is 11.7. The van der Waals surface area contributed by atoms with E-state index in [0.717, 1.165) is 16.8 Å². The van der Waals surface area contributed by atoms with Crippen LogP contribution in [0.3, 0.4) is 0 Å². The second kappa shape index (κ2) is 8.21. The Morgan fingerprint density at radius 3 is 2.57 bits per heavy atom. The number of sulfonamides is 1. The standard InChI is InChI=1S/C15H22N4O3S/c1-12-14(11-17-19-12)10-16-9-13-3-5-15(6-4-13)23(20,21)18-7-8-22-2/h3-6,11,16,18H,7-10H2,1-2H3,(H,17,19). The number of aromatic nitrogens is 2. The average molecular weight is 338 g/mol. The van der Waals surface area contributed by atoms with E-state index in [0.29, 0.717) is 19.7 Å². The summed E-state index contributed by atoms with van der Waals surface area (Å²) in [4.78, 5) is 0.253. The number of aryl methyl sites for hydroxylation is 1. The summed E-state index contributed by atoms with van der Waals surface area (Å²) in [5, 5.41) is 10.2. The SMILES string of the molecule is COCCNS(=O)(=O)c1ccc(CNCc2cn[nH]c2C)cc1.